The van der Waals surface area contributed by atoms with Crippen molar-refractivity contribution in [1.29, 1.82) is 0 Å². The molecule has 6 heteroatoms. The fourth-order valence-electron chi connectivity index (χ4n) is 4.70. The van der Waals surface area contributed by atoms with E-state index >= 15 is 0 Å². The molecule has 0 spiro atoms. The fourth-order valence-corrected chi connectivity index (χ4v) is 4.70. The molecule has 2 aromatic rings. The number of ether oxygens (including phenoxy) is 2. The Balaban J connectivity index is 1.78. The molecule has 148 valence electrons. The van der Waals surface area contributed by atoms with Crippen molar-refractivity contribution >= 4 is 22.7 Å². The summed E-state index contributed by atoms with van der Waals surface area (Å²) in [5.41, 5.74) is 15.0. The van der Waals surface area contributed by atoms with E-state index < -0.39 is 11.1 Å². The molecule has 0 amide bonds. The zero-order valence-corrected chi connectivity index (χ0v) is 16.3. The Bertz CT molecular complexity index is 853. The Morgan fingerprint density at radius 2 is 1.04 bits per heavy atom. The van der Waals surface area contributed by atoms with Crippen LogP contribution in [0.1, 0.15) is 36.1 Å². The van der Waals surface area contributed by atoms with Gasteiger partial charge in [0.2, 0.25) is 0 Å². The van der Waals surface area contributed by atoms with E-state index in [1.807, 2.05) is 24.3 Å². The molecule has 2 aliphatic rings. The first-order valence-electron chi connectivity index (χ1n) is 9.79. The molecule has 0 heterocycles. The lowest BCUT2D eigenvalue weighted by Crippen LogP contribution is -2.55. The van der Waals surface area contributed by atoms with Crippen LogP contribution < -0.4 is 11.5 Å². The summed E-state index contributed by atoms with van der Waals surface area (Å²) in [6.07, 6.45) is 1.74. The highest BCUT2D eigenvalue weighted by atomic mass is 16.5. The molecule has 0 atom stereocenters. The van der Waals surface area contributed by atoms with E-state index in [-0.39, 0.29) is 11.9 Å². The Labute approximate surface area is 164 Å². The molecule has 0 aromatic heterocycles. The summed E-state index contributed by atoms with van der Waals surface area (Å²) in [4.78, 5) is 24.9. The molecule has 0 bridgehead atoms. The molecule has 0 saturated carbocycles. The second-order valence-corrected chi connectivity index (χ2v) is 7.98. The summed E-state index contributed by atoms with van der Waals surface area (Å²) in [7, 11) is 0. The second kappa shape index (κ2) is 6.57. The van der Waals surface area contributed by atoms with Gasteiger partial charge in [-0.25, -0.2) is 0 Å². The first kappa shape index (κ1) is 18.9. The number of benzene rings is 2. The zero-order valence-electron chi connectivity index (χ0n) is 16.3. The van der Waals surface area contributed by atoms with E-state index in [9.17, 15) is 9.59 Å². The first-order chi connectivity index (χ1) is 13.3. The number of esters is 2. The summed E-state index contributed by atoms with van der Waals surface area (Å²) in [5.74, 6) is -0.727. The molecule has 4 N–H and O–H groups in total. The van der Waals surface area contributed by atoms with Gasteiger partial charge in [0.25, 0.3) is 0 Å². The van der Waals surface area contributed by atoms with Crippen LogP contribution in [0, 0.1) is 0 Å². The van der Waals surface area contributed by atoms with E-state index in [0.717, 1.165) is 33.0 Å². The molecule has 6 nitrogen and oxygen atoms in total. The number of hydrogen-bond donors (Lipinski definition) is 2. The lowest BCUT2D eigenvalue weighted by atomic mass is 9.71. The molecule has 2 aromatic carbocycles. The third-order valence-electron chi connectivity index (χ3n) is 5.89. The Morgan fingerprint density at radius 1 is 0.750 bits per heavy atom. The van der Waals surface area contributed by atoms with Gasteiger partial charge in [-0.05, 0) is 46.9 Å². The van der Waals surface area contributed by atoms with Crippen molar-refractivity contribution in [2.45, 2.75) is 50.6 Å². The minimum absolute atomic E-state index is 0.310. The number of rotatable bonds is 4. The summed E-state index contributed by atoms with van der Waals surface area (Å²) in [6, 6.07) is 8.01. The van der Waals surface area contributed by atoms with Crippen LogP contribution in [0.15, 0.2) is 24.3 Å². The quantitative estimate of drug-likeness (QED) is 0.778. The maximum Gasteiger partial charge on any atom is 0.326 e. The predicted molar refractivity (Wildman–Crippen MR) is 106 cm³/mol. The van der Waals surface area contributed by atoms with Crippen molar-refractivity contribution in [1.82, 2.24) is 0 Å². The standard InChI is InChI=1S/C22H26N2O4/c1-3-27-19(25)21(23)9-13-5-7-15-11-22(24,20(26)28-4-2)12-16-8-6-14(10-21)17(13)18(15)16/h5-8H,3-4,9-12,23-24H2,1-2H3. The SMILES string of the molecule is CCOC(=O)C1(N)Cc2ccc3c4c(ccc(c24)C1)CC(N)(C(=O)OCC)C3. The fraction of sp³-hybridized carbons (Fsp3) is 0.455. The maximum atomic E-state index is 12.5. The highest BCUT2D eigenvalue weighted by molar-refractivity contribution is 5.99. The molecular weight excluding hydrogens is 356 g/mol. The van der Waals surface area contributed by atoms with Gasteiger partial charge in [0, 0.05) is 25.7 Å². The van der Waals surface area contributed by atoms with E-state index in [0.29, 0.717) is 38.9 Å². The minimum Gasteiger partial charge on any atom is -0.465 e. The van der Waals surface area contributed by atoms with Gasteiger partial charge in [0.15, 0.2) is 0 Å². The molecule has 2 aliphatic carbocycles. The van der Waals surface area contributed by atoms with Gasteiger partial charge >= 0.3 is 11.9 Å². The third kappa shape index (κ3) is 2.79. The highest BCUT2D eigenvalue weighted by Gasteiger charge is 2.43. The molecule has 0 fully saturated rings. The number of carbonyl (C=O) groups excluding carboxylic acids is 2. The Hall–Kier alpha value is -2.44. The minimum atomic E-state index is -1.05. The van der Waals surface area contributed by atoms with Gasteiger partial charge in [0.05, 0.1) is 13.2 Å². The van der Waals surface area contributed by atoms with Crippen molar-refractivity contribution in [3.05, 3.63) is 46.5 Å². The van der Waals surface area contributed by atoms with Gasteiger partial charge in [-0.1, -0.05) is 24.3 Å². The molecule has 4 rings (SSSR count). The van der Waals surface area contributed by atoms with E-state index in [1.54, 1.807) is 13.8 Å². The van der Waals surface area contributed by atoms with Crippen molar-refractivity contribution in [2.75, 3.05) is 13.2 Å². The Kier molecular flexibility index (Phi) is 4.43. The van der Waals surface area contributed by atoms with Gasteiger partial charge < -0.3 is 20.9 Å². The molecule has 28 heavy (non-hydrogen) atoms. The summed E-state index contributed by atoms with van der Waals surface area (Å²) >= 11 is 0. The van der Waals surface area contributed by atoms with Crippen LogP contribution in [0.4, 0.5) is 0 Å². The van der Waals surface area contributed by atoms with Crippen molar-refractivity contribution in [3.63, 3.8) is 0 Å². The lowest BCUT2D eigenvalue weighted by molar-refractivity contribution is -0.150. The predicted octanol–water partition coefficient (Wildman–Crippen LogP) is 1.56. The smallest absolute Gasteiger partial charge is 0.326 e. The van der Waals surface area contributed by atoms with E-state index in [1.165, 1.54) is 0 Å². The van der Waals surface area contributed by atoms with E-state index in [4.69, 9.17) is 20.9 Å². The molecular formula is C22H26N2O4. The van der Waals surface area contributed by atoms with Crippen molar-refractivity contribution in [2.24, 2.45) is 11.5 Å². The summed E-state index contributed by atoms with van der Waals surface area (Å²) in [5, 5.41) is 2.29. The highest BCUT2D eigenvalue weighted by Crippen LogP contribution is 2.41. The number of carbonyl (C=O) groups is 2. The van der Waals surface area contributed by atoms with Crippen LogP contribution in [0.2, 0.25) is 0 Å². The van der Waals surface area contributed by atoms with Gasteiger partial charge in [0.1, 0.15) is 11.1 Å². The number of hydrogen-bond acceptors (Lipinski definition) is 6. The molecule has 0 unspecified atom stereocenters. The van der Waals surface area contributed by atoms with Gasteiger partial charge in [-0.15, -0.1) is 0 Å². The van der Waals surface area contributed by atoms with Crippen LogP contribution in [-0.4, -0.2) is 36.2 Å². The average molecular weight is 382 g/mol. The van der Waals surface area contributed by atoms with Crippen LogP contribution in [-0.2, 0) is 44.7 Å². The van der Waals surface area contributed by atoms with Crippen molar-refractivity contribution < 1.29 is 19.1 Å². The zero-order chi connectivity index (χ0) is 20.1. The molecule has 0 radical (unpaired) electrons. The Morgan fingerprint density at radius 3 is 1.29 bits per heavy atom. The molecule has 0 saturated heterocycles. The van der Waals surface area contributed by atoms with Crippen LogP contribution in [0.3, 0.4) is 0 Å². The van der Waals surface area contributed by atoms with Crippen LogP contribution >= 0.6 is 0 Å². The maximum absolute atomic E-state index is 12.5. The van der Waals surface area contributed by atoms with E-state index in [2.05, 4.69) is 0 Å². The largest absolute Gasteiger partial charge is 0.465 e. The number of nitrogens with two attached hydrogens (primary N) is 2. The third-order valence-corrected chi connectivity index (χ3v) is 5.89. The normalized spacial score (nSPS) is 18.6. The average Bonchev–Trinajstić information content (AvgIpc) is 2.66. The van der Waals surface area contributed by atoms with Crippen LogP contribution in [0.25, 0.3) is 10.8 Å². The second-order valence-electron chi connectivity index (χ2n) is 7.98. The topological polar surface area (TPSA) is 105 Å². The summed E-state index contributed by atoms with van der Waals surface area (Å²) < 4.78 is 10.4. The van der Waals surface area contributed by atoms with Gasteiger partial charge in [-0.2, -0.15) is 0 Å². The monoisotopic (exact) mass is 382 g/mol. The summed E-state index contributed by atoms with van der Waals surface area (Å²) in [6.45, 7) is 4.19. The first-order valence-corrected chi connectivity index (χ1v) is 9.79. The lowest BCUT2D eigenvalue weighted by Gasteiger charge is -2.37. The molecule has 0 aliphatic heterocycles. The van der Waals surface area contributed by atoms with Crippen LogP contribution in [0.5, 0.6) is 0 Å². The van der Waals surface area contributed by atoms with Gasteiger partial charge in [-0.3, -0.25) is 9.59 Å². The van der Waals surface area contributed by atoms with Crippen molar-refractivity contribution in [3.8, 4) is 0 Å².